The molecule has 3 aromatic rings. The van der Waals surface area contributed by atoms with Crippen molar-refractivity contribution in [3.8, 4) is 0 Å². The largest absolute Gasteiger partial charge is 0.0617 e. The first-order chi connectivity index (χ1) is 14.0. The SMILES string of the molecule is Cc1cc2c3c(cccc3c1)C(C)(C)P(c1c(C(C)C)cccc1C(C)C)C2(C)C. The van der Waals surface area contributed by atoms with Crippen LogP contribution in [0, 0.1) is 6.92 Å². The Kier molecular flexibility index (Phi) is 5.18. The smallest absolute Gasteiger partial charge is 0.0153 e. The van der Waals surface area contributed by atoms with Gasteiger partial charge < -0.3 is 0 Å². The summed E-state index contributed by atoms with van der Waals surface area (Å²) in [6.45, 7) is 21.8. The van der Waals surface area contributed by atoms with Crippen LogP contribution in [0.3, 0.4) is 0 Å². The minimum absolute atomic E-state index is 0.103. The fourth-order valence-electron chi connectivity index (χ4n) is 5.84. The lowest BCUT2D eigenvalue weighted by Crippen LogP contribution is -2.38. The molecule has 3 aromatic carbocycles. The van der Waals surface area contributed by atoms with Crippen molar-refractivity contribution in [3.63, 3.8) is 0 Å². The van der Waals surface area contributed by atoms with E-state index >= 15 is 0 Å². The molecule has 1 heterocycles. The Morgan fingerprint density at radius 3 is 1.80 bits per heavy atom. The Bertz CT molecular complexity index is 1090. The average Bonchev–Trinajstić information content (AvgIpc) is 2.65. The first-order valence-corrected chi connectivity index (χ1v) is 12.8. The summed E-state index contributed by atoms with van der Waals surface area (Å²) in [7, 11) is -0.485. The molecule has 30 heavy (non-hydrogen) atoms. The lowest BCUT2D eigenvalue weighted by atomic mass is 9.85. The summed E-state index contributed by atoms with van der Waals surface area (Å²) in [5.74, 6) is 1.06. The Hall–Kier alpha value is -1.65. The van der Waals surface area contributed by atoms with Crippen molar-refractivity contribution in [2.24, 2.45) is 0 Å². The second-order valence-electron chi connectivity index (χ2n) is 10.8. The van der Waals surface area contributed by atoms with Crippen LogP contribution in [0.25, 0.3) is 10.8 Å². The number of benzene rings is 3. The summed E-state index contributed by atoms with van der Waals surface area (Å²) in [6.07, 6.45) is 0. The molecule has 0 spiro atoms. The molecule has 0 saturated heterocycles. The molecule has 1 aliphatic heterocycles. The molecule has 0 nitrogen and oxygen atoms in total. The highest BCUT2D eigenvalue weighted by molar-refractivity contribution is 7.68. The highest BCUT2D eigenvalue weighted by Gasteiger charge is 2.49. The van der Waals surface area contributed by atoms with E-state index in [9.17, 15) is 0 Å². The van der Waals surface area contributed by atoms with Crippen LogP contribution in [-0.4, -0.2) is 0 Å². The number of hydrogen-bond donors (Lipinski definition) is 0. The summed E-state index contributed by atoms with van der Waals surface area (Å²) in [5.41, 5.74) is 7.56. The molecular weight excluding hydrogens is 379 g/mol. The molecule has 4 rings (SSSR count). The lowest BCUT2D eigenvalue weighted by Gasteiger charge is -2.52. The maximum atomic E-state index is 2.52. The Morgan fingerprint density at radius 1 is 0.700 bits per heavy atom. The van der Waals surface area contributed by atoms with E-state index in [-0.39, 0.29) is 10.3 Å². The van der Waals surface area contributed by atoms with E-state index in [1.807, 2.05) is 0 Å². The summed E-state index contributed by atoms with van der Waals surface area (Å²) < 4.78 is 0. The molecule has 0 fully saturated rings. The van der Waals surface area contributed by atoms with Gasteiger partial charge in [-0.15, -0.1) is 0 Å². The van der Waals surface area contributed by atoms with Crippen LogP contribution in [0.1, 0.15) is 95.0 Å². The van der Waals surface area contributed by atoms with Crippen LogP contribution in [0.15, 0.2) is 48.5 Å². The van der Waals surface area contributed by atoms with Crippen molar-refractivity contribution < 1.29 is 0 Å². The van der Waals surface area contributed by atoms with Crippen molar-refractivity contribution in [3.05, 3.63) is 76.3 Å². The zero-order valence-electron chi connectivity index (χ0n) is 20.2. The monoisotopic (exact) mass is 416 g/mol. The van der Waals surface area contributed by atoms with Crippen molar-refractivity contribution >= 4 is 24.0 Å². The average molecular weight is 417 g/mol. The molecule has 0 aromatic heterocycles. The van der Waals surface area contributed by atoms with Crippen LogP contribution < -0.4 is 5.30 Å². The third-order valence-corrected chi connectivity index (χ3v) is 10.8. The summed E-state index contributed by atoms with van der Waals surface area (Å²) in [6, 6.07) is 18.9. The molecule has 0 saturated carbocycles. The van der Waals surface area contributed by atoms with Crippen LogP contribution in [0.4, 0.5) is 0 Å². The van der Waals surface area contributed by atoms with Gasteiger partial charge in [-0.3, -0.25) is 0 Å². The van der Waals surface area contributed by atoms with E-state index in [0.717, 1.165) is 0 Å². The van der Waals surface area contributed by atoms with E-state index in [1.54, 1.807) is 22.0 Å². The van der Waals surface area contributed by atoms with Crippen LogP contribution in [0.5, 0.6) is 0 Å². The predicted octanol–water partition coefficient (Wildman–Crippen LogP) is 8.69. The minimum Gasteiger partial charge on any atom is -0.0617 e. The molecule has 0 radical (unpaired) electrons. The third kappa shape index (κ3) is 3.06. The van der Waals surface area contributed by atoms with Gasteiger partial charge in [0.15, 0.2) is 0 Å². The molecule has 0 amide bonds. The van der Waals surface area contributed by atoms with Gasteiger partial charge in [-0.05, 0) is 57.1 Å². The van der Waals surface area contributed by atoms with Crippen LogP contribution in [0.2, 0.25) is 0 Å². The van der Waals surface area contributed by atoms with Crippen molar-refractivity contribution in [1.82, 2.24) is 0 Å². The van der Waals surface area contributed by atoms with E-state index < -0.39 is 7.92 Å². The molecule has 1 atom stereocenters. The number of aryl methyl sites for hydroxylation is 1. The van der Waals surface area contributed by atoms with Gasteiger partial charge in [0, 0.05) is 10.3 Å². The van der Waals surface area contributed by atoms with Crippen molar-refractivity contribution in [2.75, 3.05) is 0 Å². The Labute approximate surface area is 184 Å². The quantitative estimate of drug-likeness (QED) is 0.375. The number of hydrogen-bond acceptors (Lipinski definition) is 0. The maximum absolute atomic E-state index is 2.52. The van der Waals surface area contributed by atoms with E-state index in [1.165, 1.54) is 21.9 Å². The van der Waals surface area contributed by atoms with Crippen LogP contribution in [-0.2, 0) is 10.3 Å². The van der Waals surface area contributed by atoms with Gasteiger partial charge in [-0.1, -0.05) is 117 Å². The minimum atomic E-state index is -0.485. The second-order valence-corrected chi connectivity index (χ2v) is 14.1. The maximum Gasteiger partial charge on any atom is 0.0153 e. The van der Waals surface area contributed by atoms with E-state index in [4.69, 9.17) is 0 Å². The molecule has 158 valence electrons. The lowest BCUT2D eigenvalue weighted by molar-refractivity contribution is 0.676. The molecule has 0 N–H and O–H groups in total. The van der Waals surface area contributed by atoms with Crippen LogP contribution >= 0.6 is 7.92 Å². The van der Waals surface area contributed by atoms with Gasteiger partial charge in [0.2, 0.25) is 0 Å². The number of rotatable bonds is 3. The first kappa shape index (κ1) is 21.6. The van der Waals surface area contributed by atoms with Gasteiger partial charge in [0.25, 0.3) is 0 Å². The summed E-state index contributed by atoms with van der Waals surface area (Å²) in [5, 5.41) is 4.78. The fourth-order valence-corrected chi connectivity index (χ4v) is 10.4. The zero-order chi connectivity index (χ0) is 22.0. The van der Waals surface area contributed by atoms with Gasteiger partial charge in [0.1, 0.15) is 0 Å². The van der Waals surface area contributed by atoms with Gasteiger partial charge in [-0.2, -0.15) is 0 Å². The normalized spacial score (nSPS) is 19.6. The molecule has 0 aliphatic carbocycles. The van der Waals surface area contributed by atoms with Crippen molar-refractivity contribution in [1.29, 1.82) is 0 Å². The summed E-state index contributed by atoms with van der Waals surface area (Å²) in [4.78, 5) is 0. The molecular formula is C29H37P. The molecule has 1 unspecified atom stereocenters. The summed E-state index contributed by atoms with van der Waals surface area (Å²) >= 11 is 0. The zero-order valence-corrected chi connectivity index (χ0v) is 21.1. The van der Waals surface area contributed by atoms with E-state index in [2.05, 4.69) is 111 Å². The second kappa shape index (κ2) is 7.20. The predicted molar refractivity (Wildman–Crippen MR) is 136 cm³/mol. The first-order valence-electron chi connectivity index (χ1n) is 11.5. The standard InChI is InChI=1S/C29H37P/c1-18(2)22-13-11-14-23(19(3)4)27(22)30-28(6,7)24-15-10-12-21-16-20(5)17-25(26(21)24)29(30,8)9/h10-19H,1-9H3. The highest BCUT2D eigenvalue weighted by atomic mass is 31.1. The molecule has 1 heteroatoms. The Morgan fingerprint density at radius 2 is 1.23 bits per heavy atom. The van der Waals surface area contributed by atoms with Crippen molar-refractivity contribution in [2.45, 2.75) is 84.5 Å². The molecule has 1 aliphatic rings. The molecule has 0 bridgehead atoms. The third-order valence-electron chi connectivity index (χ3n) is 7.12. The van der Waals surface area contributed by atoms with Gasteiger partial charge in [-0.25, -0.2) is 0 Å². The highest BCUT2D eigenvalue weighted by Crippen LogP contribution is 2.72. The Balaban J connectivity index is 2.14. The van der Waals surface area contributed by atoms with Gasteiger partial charge >= 0.3 is 0 Å². The van der Waals surface area contributed by atoms with Gasteiger partial charge in [0.05, 0.1) is 0 Å². The fraction of sp³-hybridized carbons (Fsp3) is 0.448. The topological polar surface area (TPSA) is 0 Å². The van der Waals surface area contributed by atoms with E-state index in [0.29, 0.717) is 11.8 Å².